The fourth-order valence-corrected chi connectivity index (χ4v) is 1.93. The van der Waals surface area contributed by atoms with Crippen molar-refractivity contribution in [2.24, 2.45) is 10.4 Å². The second kappa shape index (κ2) is 12.3. The van der Waals surface area contributed by atoms with Crippen LogP contribution in [0.3, 0.4) is 0 Å². The third-order valence-corrected chi connectivity index (χ3v) is 3.41. The largest absolute Gasteiger partial charge is 0.357 e. The van der Waals surface area contributed by atoms with E-state index in [0.29, 0.717) is 24.8 Å². The van der Waals surface area contributed by atoms with Crippen molar-refractivity contribution < 1.29 is 4.79 Å². The van der Waals surface area contributed by atoms with Crippen LogP contribution in [0, 0.1) is 5.41 Å². The molecule has 0 aromatic carbocycles. The number of nitrogens with one attached hydrogen (secondary N) is 3. The van der Waals surface area contributed by atoms with E-state index in [1.807, 2.05) is 33.8 Å². The molecule has 25 heavy (non-hydrogen) atoms. The second-order valence-electron chi connectivity index (χ2n) is 6.43. The molecule has 0 aliphatic rings. The molecule has 0 radical (unpaired) electrons. The molecule has 1 aromatic rings. The first-order valence-electron chi connectivity index (χ1n) is 8.24. The summed E-state index contributed by atoms with van der Waals surface area (Å²) in [5.74, 6) is 0.783. The van der Waals surface area contributed by atoms with Crippen molar-refractivity contribution in [3.05, 3.63) is 29.0 Å². The van der Waals surface area contributed by atoms with Gasteiger partial charge < -0.3 is 16.0 Å². The van der Waals surface area contributed by atoms with Crippen LogP contribution in [0.15, 0.2) is 23.3 Å². The standard InChI is InChI=1S/C17H28ClN5O.HI/c1-5-19-16(22-11-10-20-15(24)17(2,3)4)21-9-8-13-6-7-14(18)23-12-13;/h6-7,12H,5,8-11H2,1-4H3,(H,20,24)(H2,19,21,22);1H. The summed E-state index contributed by atoms with van der Waals surface area (Å²) in [4.78, 5) is 20.4. The Morgan fingerprint density at radius 2 is 1.88 bits per heavy atom. The highest BCUT2D eigenvalue weighted by Gasteiger charge is 2.20. The molecule has 0 spiro atoms. The lowest BCUT2D eigenvalue weighted by Crippen LogP contribution is -2.43. The first kappa shape index (κ1) is 23.9. The summed E-state index contributed by atoms with van der Waals surface area (Å²) in [6, 6.07) is 3.73. The predicted molar refractivity (Wildman–Crippen MR) is 115 cm³/mol. The number of nitrogens with zero attached hydrogens (tertiary/aromatic N) is 2. The van der Waals surface area contributed by atoms with Crippen LogP contribution < -0.4 is 16.0 Å². The van der Waals surface area contributed by atoms with Crippen LogP contribution in [0.2, 0.25) is 5.15 Å². The number of pyridine rings is 1. The topological polar surface area (TPSA) is 78.4 Å². The Balaban J connectivity index is 0.00000576. The molecule has 6 nitrogen and oxygen atoms in total. The van der Waals surface area contributed by atoms with Crippen molar-refractivity contribution in [1.29, 1.82) is 0 Å². The van der Waals surface area contributed by atoms with E-state index >= 15 is 0 Å². The molecule has 0 saturated heterocycles. The summed E-state index contributed by atoms with van der Waals surface area (Å²) in [5.41, 5.74) is 0.724. The van der Waals surface area contributed by atoms with Gasteiger partial charge in [0.05, 0.1) is 0 Å². The predicted octanol–water partition coefficient (Wildman–Crippen LogP) is 2.61. The molecular formula is C17H29ClIN5O. The Labute approximate surface area is 172 Å². The van der Waals surface area contributed by atoms with Crippen molar-refractivity contribution in [3.63, 3.8) is 0 Å². The van der Waals surface area contributed by atoms with Crippen molar-refractivity contribution in [2.45, 2.75) is 34.1 Å². The Morgan fingerprint density at radius 3 is 2.44 bits per heavy atom. The molecule has 1 heterocycles. The Morgan fingerprint density at radius 1 is 1.20 bits per heavy atom. The zero-order chi connectivity index (χ0) is 18.0. The van der Waals surface area contributed by atoms with Crippen LogP contribution >= 0.6 is 35.6 Å². The zero-order valence-corrected chi connectivity index (χ0v) is 18.4. The lowest BCUT2D eigenvalue weighted by atomic mass is 9.96. The Kier molecular flexibility index (Phi) is 11.8. The average molecular weight is 482 g/mol. The smallest absolute Gasteiger partial charge is 0.225 e. The number of hydrogen-bond acceptors (Lipinski definition) is 3. The molecule has 1 amide bonds. The van der Waals surface area contributed by atoms with E-state index in [-0.39, 0.29) is 35.3 Å². The van der Waals surface area contributed by atoms with Crippen LogP contribution in [0.5, 0.6) is 0 Å². The number of amides is 1. The van der Waals surface area contributed by atoms with E-state index < -0.39 is 0 Å². The lowest BCUT2D eigenvalue weighted by Gasteiger charge is -2.18. The lowest BCUT2D eigenvalue weighted by molar-refractivity contribution is -0.128. The summed E-state index contributed by atoms with van der Waals surface area (Å²) in [6.07, 6.45) is 2.56. The molecular weight excluding hydrogens is 453 g/mol. The van der Waals surface area contributed by atoms with Crippen LogP contribution in [0.4, 0.5) is 0 Å². The number of halogens is 2. The summed E-state index contributed by atoms with van der Waals surface area (Å²) >= 11 is 5.77. The first-order valence-corrected chi connectivity index (χ1v) is 8.61. The van der Waals surface area contributed by atoms with Gasteiger partial charge in [-0.2, -0.15) is 0 Å². The molecule has 1 aromatic heterocycles. The van der Waals surface area contributed by atoms with Crippen LogP contribution in [0.1, 0.15) is 33.3 Å². The first-order chi connectivity index (χ1) is 11.3. The summed E-state index contributed by atoms with van der Waals surface area (Å²) < 4.78 is 0. The fraction of sp³-hybridized carbons (Fsp3) is 0.588. The van der Waals surface area contributed by atoms with Gasteiger partial charge in [-0.3, -0.25) is 9.79 Å². The molecule has 0 unspecified atom stereocenters. The van der Waals surface area contributed by atoms with E-state index in [9.17, 15) is 4.79 Å². The van der Waals surface area contributed by atoms with Crippen LogP contribution in [0.25, 0.3) is 0 Å². The molecule has 3 N–H and O–H groups in total. The van der Waals surface area contributed by atoms with Crippen molar-refractivity contribution in [3.8, 4) is 0 Å². The summed E-state index contributed by atoms with van der Waals surface area (Å²) in [5, 5.41) is 9.79. The maximum absolute atomic E-state index is 11.8. The molecule has 0 saturated carbocycles. The minimum atomic E-state index is -0.370. The van der Waals surface area contributed by atoms with Gasteiger partial charge in [0.1, 0.15) is 5.15 Å². The van der Waals surface area contributed by atoms with Gasteiger partial charge in [0.25, 0.3) is 0 Å². The average Bonchev–Trinajstić information content (AvgIpc) is 2.52. The number of aromatic nitrogens is 1. The molecule has 0 atom stereocenters. The highest BCUT2D eigenvalue weighted by Crippen LogP contribution is 2.11. The molecule has 0 bridgehead atoms. The van der Waals surface area contributed by atoms with Gasteiger partial charge in [0.15, 0.2) is 5.96 Å². The van der Waals surface area contributed by atoms with Crippen molar-refractivity contribution >= 4 is 47.4 Å². The molecule has 0 aliphatic heterocycles. The highest BCUT2D eigenvalue weighted by atomic mass is 127. The third-order valence-electron chi connectivity index (χ3n) is 3.19. The van der Waals surface area contributed by atoms with Gasteiger partial charge in [0.2, 0.25) is 5.91 Å². The number of carbonyl (C=O) groups is 1. The van der Waals surface area contributed by atoms with Crippen LogP contribution in [-0.2, 0) is 11.2 Å². The quantitative estimate of drug-likeness (QED) is 0.184. The summed E-state index contributed by atoms with van der Waals surface area (Å²) in [7, 11) is 0. The zero-order valence-electron chi connectivity index (χ0n) is 15.4. The molecule has 0 aliphatic carbocycles. The van der Waals surface area contributed by atoms with E-state index in [2.05, 4.69) is 25.9 Å². The molecule has 0 fully saturated rings. The minimum Gasteiger partial charge on any atom is -0.357 e. The highest BCUT2D eigenvalue weighted by molar-refractivity contribution is 14.0. The second-order valence-corrected chi connectivity index (χ2v) is 6.82. The molecule has 8 heteroatoms. The normalized spacial score (nSPS) is 11.5. The van der Waals surface area contributed by atoms with Gasteiger partial charge in [-0.15, -0.1) is 24.0 Å². The maximum atomic E-state index is 11.8. The SMILES string of the molecule is CCNC(=NCCc1ccc(Cl)nc1)NCCNC(=O)C(C)(C)C.I. The number of hydrogen-bond donors (Lipinski definition) is 3. The maximum Gasteiger partial charge on any atom is 0.225 e. The van der Waals surface area contributed by atoms with Gasteiger partial charge >= 0.3 is 0 Å². The fourth-order valence-electron chi connectivity index (χ4n) is 1.81. The van der Waals surface area contributed by atoms with E-state index in [1.54, 1.807) is 12.3 Å². The van der Waals surface area contributed by atoms with Crippen molar-refractivity contribution in [1.82, 2.24) is 20.9 Å². The monoisotopic (exact) mass is 481 g/mol. The molecule has 1 rings (SSSR count). The van der Waals surface area contributed by atoms with E-state index in [0.717, 1.165) is 24.5 Å². The van der Waals surface area contributed by atoms with Crippen molar-refractivity contribution in [2.75, 3.05) is 26.2 Å². The Bertz CT molecular complexity index is 543. The number of rotatable bonds is 7. The third kappa shape index (κ3) is 10.5. The van der Waals surface area contributed by atoms with Gasteiger partial charge in [-0.25, -0.2) is 4.98 Å². The van der Waals surface area contributed by atoms with Gasteiger partial charge in [-0.1, -0.05) is 38.4 Å². The van der Waals surface area contributed by atoms with E-state index in [4.69, 9.17) is 11.6 Å². The number of carbonyl (C=O) groups excluding carboxylic acids is 1. The van der Waals surface area contributed by atoms with Crippen LogP contribution in [-0.4, -0.2) is 43.0 Å². The Hall–Kier alpha value is -1.09. The van der Waals surface area contributed by atoms with Gasteiger partial charge in [-0.05, 0) is 25.0 Å². The van der Waals surface area contributed by atoms with Gasteiger partial charge in [0, 0.05) is 37.8 Å². The number of guanidine groups is 1. The molecule has 142 valence electrons. The minimum absolute atomic E-state index is 0. The van der Waals surface area contributed by atoms with E-state index in [1.165, 1.54) is 0 Å². The summed E-state index contributed by atoms with van der Waals surface area (Å²) in [6.45, 7) is 10.3. The number of aliphatic imine (C=N–C) groups is 1.